The zero-order valence-electron chi connectivity index (χ0n) is 20.4. The van der Waals surface area contributed by atoms with Crippen LogP contribution < -0.4 is 10.6 Å². The molecule has 1 unspecified atom stereocenters. The lowest BCUT2D eigenvalue weighted by atomic mass is 10.0. The number of carbonyl (C=O) groups excluding carboxylic acids is 3. The number of esters is 1. The van der Waals surface area contributed by atoms with Crippen LogP contribution in [0.1, 0.15) is 91.9 Å². The maximum atomic E-state index is 12.8. The fourth-order valence-corrected chi connectivity index (χ4v) is 3.61. The van der Waals surface area contributed by atoms with Crippen molar-refractivity contribution in [2.24, 2.45) is 0 Å². The molecule has 0 rings (SSSR count). The van der Waals surface area contributed by atoms with E-state index in [1.54, 1.807) is 27.8 Å². The summed E-state index contributed by atoms with van der Waals surface area (Å²) in [6, 6.07) is -0.768. The molecule has 0 aliphatic carbocycles. The Morgan fingerprint density at radius 3 is 2.16 bits per heavy atom. The van der Waals surface area contributed by atoms with E-state index in [1.165, 1.54) is 37.4 Å². The largest absolute Gasteiger partial charge is 0.461 e. The van der Waals surface area contributed by atoms with Crippen LogP contribution >= 0.6 is 11.8 Å². The van der Waals surface area contributed by atoms with Crippen LogP contribution in [-0.4, -0.2) is 54.8 Å². The van der Waals surface area contributed by atoms with Crippen molar-refractivity contribution < 1.29 is 23.9 Å². The minimum absolute atomic E-state index is 0.0171. The molecule has 31 heavy (non-hydrogen) atoms. The fourth-order valence-electron chi connectivity index (χ4n) is 3.06. The molecule has 0 fully saturated rings. The molecule has 0 saturated heterocycles. The molecule has 182 valence electrons. The van der Waals surface area contributed by atoms with Gasteiger partial charge in [-0.1, -0.05) is 39.0 Å². The van der Waals surface area contributed by atoms with Crippen LogP contribution in [0.25, 0.3) is 0 Å². The predicted molar refractivity (Wildman–Crippen MR) is 127 cm³/mol. The third-order valence-corrected chi connectivity index (χ3v) is 5.35. The lowest BCUT2D eigenvalue weighted by Gasteiger charge is -2.24. The molecule has 0 saturated carbocycles. The second-order valence-electron chi connectivity index (χ2n) is 8.83. The van der Waals surface area contributed by atoms with Crippen LogP contribution in [0.5, 0.6) is 0 Å². The fraction of sp³-hybridized carbons (Fsp3) is 0.870. The number of rotatable bonds is 16. The van der Waals surface area contributed by atoms with Crippen molar-refractivity contribution in [3.8, 4) is 0 Å². The number of hydrogen-bond donors (Lipinski definition) is 2. The molecule has 0 aliphatic heterocycles. The summed E-state index contributed by atoms with van der Waals surface area (Å²) in [5, 5.41) is 5.25. The van der Waals surface area contributed by atoms with Crippen LogP contribution in [0.3, 0.4) is 0 Å². The van der Waals surface area contributed by atoms with Crippen molar-refractivity contribution in [3.63, 3.8) is 0 Å². The van der Waals surface area contributed by atoms with Gasteiger partial charge in [-0.05, 0) is 52.7 Å². The first kappa shape index (κ1) is 29.6. The maximum Gasteiger partial charge on any atom is 0.408 e. The topological polar surface area (TPSA) is 93.7 Å². The first-order valence-corrected chi connectivity index (χ1v) is 12.9. The summed E-state index contributed by atoms with van der Waals surface area (Å²) < 4.78 is 11.1. The minimum Gasteiger partial charge on any atom is -0.461 e. The lowest BCUT2D eigenvalue weighted by molar-refractivity contribution is -0.151. The molecule has 2 amide bonds. The molecule has 0 aromatic rings. The van der Waals surface area contributed by atoms with Crippen LogP contribution in [-0.2, 0) is 19.1 Å². The second kappa shape index (κ2) is 17.2. The molecule has 0 spiro atoms. The molecule has 7 nitrogen and oxygen atoms in total. The molecule has 0 radical (unpaired) electrons. The van der Waals surface area contributed by atoms with Gasteiger partial charge in [-0.2, -0.15) is 11.8 Å². The molecule has 0 heterocycles. The zero-order valence-corrected chi connectivity index (χ0v) is 21.2. The van der Waals surface area contributed by atoms with Gasteiger partial charge in [0.15, 0.2) is 0 Å². The molecule has 0 aromatic heterocycles. The van der Waals surface area contributed by atoms with Crippen molar-refractivity contribution >= 4 is 29.7 Å². The minimum atomic E-state index is -0.768. The van der Waals surface area contributed by atoms with E-state index in [0.29, 0.717) is 25.0 Å². The average molecular weight is 461 g/mol. The van der Waals surface area contributed by atoms with E-state index in [4.69, 9.17) is 9.47 Å². The van der Waals surface area contributed by atoms with Crippen LogP contribution in [0.2, 0.25) is 0 Å². The Balaban J connectivity index is 4.82. The molecule has 8 heteroatoms. The molecule has 2 atom stereocenters. The van der Waals surface area contributed by atoms with E-state index in [-0.39, 0.29) is 12.0 Å². The average Bonchev–Trinajstić information content (AvgIpc) is 2.68. The van der Waals surface area contributed by atoms with E-state index in [2.05, 4.69) is 17.6 Å². The van der Waals surface area contributed by atoms with Gasteiger partial charge in [-0.15, -0.1) is 0 Å². The van der Waals surface area contributed by atoms with Gasteiger partial charge in [0.2, 0.25) is 5.91 Å². The highest BCUT2D eigenvalue weighted by molar-refractivity contribution is 7.98. The van der Waals surface area contributed by atoms with Gasteiger partial charge in [-0.3, -0.25) is 4.79 Å². The number of carbonyl (C=O) groups is 3. The van der Waals surface area contributed by atoms with E-state index in [9.17, 15) is 14.4 Å². The molecule has 0 bridgehead atoms. The normalized spacial score (nSPS) is 13.2. The summed E-state index contributed by atoms with van der Waals surface area (Å²) in [6.45, 7) is 7.52. The number of unbranched alkanes of at least 4 members (excludes halogenated alkanes) is 5. The number of hydrogen-bond acceptors (Lipinski definition) is 6. The summed E-state index contributed by atoms with van der Waals surface area (Å²) in [6.07, 6.45) is 10.4. The van der Waals surface area contributed by atoms with Gasteiger partial charge in [0.05, 0.1) is 0 Å². The number of alkyl carbamates (subject to hydrolysis) is 1. The maximum absolute atomic E-state index is 12.8. The van der Waals surface area contributed by atoms with E-state index >= 15 is 0 Å². The third-order valence-electron chi connectivity index (χ3n) is 4.68. The third kappa shape index (κ3) is 16.9. The molecular weight excluding hydrogens is 416 g/mol. The second-order valence-corrected chi connectivity index (χ2v) is 9.75. The van der Waals surface area contributed by atoms with Crippen LogP contribution in [0, 0.1) is 0 Å². The first-order valence-electron chi connectivity index (χ1n) is 11.5. The highest BCUT2D eigenvalue weighted by Crippen LogP contribution is 2.17. The summed E-state index contributed by atoms with van der Waals surface area (Å²) in [7, 11) is 1.62. The zero-order chi connectivity index (χ0) is 23.7. The summed E-state index contributed by atoms with van der Waals surface area (Å²) in [4.78, 5) is 36.4. The Morgan fingerprint density at radius 2 is 1.58 bits per heavy atom. The van der Waals surface area contributed by atoms with Gasteiger partial charge < -0.3 is 20.1 Å². The van der Waals surface area contributed by atoms with E-state index < -0.39 is 23.7 Å². The monoisotopic (exact) mass is 460 g/mol. The summed E-state index contributed by atoms with van der Waals surface area (Å²) in [5.74, 6) is -0.0623. The van der Waals surface area contributed by atoms with Gasteiger partial charge in [0.25, 0.3) is 0 Å². The van der Waals surface area contributed by atoms with Gasteiger partial charge in [0.1, 0.15) is 17.7 Å². The van der Waals surface area contributed by atoms with Crippen molar-refractivity contribution in [1.29, 1.82) is 0 Å². The van der Waals surface area contributed by atoms with E-state index in [1.807, 2.05) is 6.26 Å². The van der Waals surface area contributed by atoms with Gasteiger partial charge in [-0.25, -0.2) is 9.59 Å². The smallest absolute Gasteiger partial charge is 0.408 e. The van der Waals surface area contributed by atoms with Crippen molar-refractivity contribution in [2.45, 2.75) is 110 Å². The Hall–Kier alpha value is -1.44. The number of ether oxygens (including phenoxy) is 2. The van der Waals surface area contributed by atoms with Gasteiger partial charge in [0, 0.05) is 19.2 Å². The highest BCUT2D eigenvalue weighted by atomic mass is 32.2. The lowest BCUT2D eigenvalue weighted by Crippen LogP contribution is -2.46. The van der Waals surface area contributed by atoms with Crippen molar-refractivity contribution in [2.75, 3.05) is 19.1 Å². The Morgan fingerprint density at radius 1 is 0.968 bits per heavy atom. The number of amides is 2. The quantitative estimate of drug-likeness (QED) is 0.253. The van der Waals surface area contributed by atoms with Gasteiger partial charge >= 0.3 is 12.1 Å². The van der Waals surface area contributed by atoms with Crippen molar-refractivity contribution in [1.82, 2.24) is 10.6 Å². The SMILES string of the molecule is CCCCCCCC[C@H](CCCC(=O)NC)OC(=O)C(CSC)NC(=O)OC(C)(C)C. The number of nitrogens with one attached hydrogen (secondary N) is 2. The predicted octanol–water partition coefficient (Wildman–Crippen LogP) is 4.82. The van der Waals surface area contributed by atoms with Crippen molar-refractivity contribution in [3.05, 3.63) is 0 Å². The molecule has 2 N–H and O–H groups in total. The summed E-state index contributed by atoms with van der Waals surface area (Å²) in [5.41, 5.74) is -0.641. The Bertz CT molecular complexity index is 523. The summed E-state index contributed by atoms with van der Waals surface area (Å²) >= 11 is 1.45. The standard InChI is InChI=1S/C23H44N2O5S/c1-7-8-9-10-11-12-14-18(15-13-16-20(26)24-5)29-21(27)19(17-31-6)25-22(28)30-23(2,3)4/h18-19H,7-17H2,1-6H3,(H,24,26)(H,25,28)/t18-,19?/m1/s1. The highest BCUT2D eigenvalue weighted by Gasteiger charge is 2.27. The molecule has 0 aliphatic rings. The molecule has 0 aromatic carbocycles. The Kier molecular flexibility index (Phi) is 16.4. The van der Waals surface area contributed by atoms with Crippen LogP contribution in [0.4, 0.5) is 4.79 Å². The number of thioether (sulfide) groups is 1. The first-order chi connectivity index (χ1) is 14.6. The van der Waals surface area contributed by atoms with Crippen LogP contribution in [0.15, 0.2) is 0 Å². The van der Waals surface area contributed by atoms with E-state index in [0.717, 1.165) is 19.3 Å². The Labute approximate surface area is 193 Å². The molecular formula is C23H44N2O5S.